The summed E-state index contributed by atoms with van der Waals surface area (Å²) in [6, 6.07) is 26.5. The molecule has 0 spiro atoms. The van der Waals surface area contributed by atoms with Gasteiger partial charge in [-0.25, -0.2) is 9.12 Å². The number of nitrogens with zero attached hydrogens (tertiary/aromatic N) is 1. The molecule has 2 nitrogen and oxygen atoms in total. The third-order valence-corrected chi connectivity index (χ3v) is 11.2. The maximum absolute atomic E-state index is 4.96. The van der Waals surface area contributed by atoms with Crippen LogP contribution in [0.4, 0.5) is 0 Å². The first kappa shape index (κ1) is 25.6. The van der Waals surface area contributed by atoms with Crippen LogP contribution in [0.3, 0.4) is 0 Å². The largest absolute Gasteiger partial charge is 0.231 e. The van der Waals surface area contributed by atoms with Crippen LogP contribution in [-0.4, -0.2) is 11.8 Å². The molecule has 1 aliphatic carbocycles. The van der Waals surface area contributed by atoms with Crippen LogP contribution in [0, 0.1) is 0 Å². The van der Waals surface area contributed by atoms with Crippen LogP contribution >= 0.6 is 34.8 Å². The van der Waals surface area contributed by atoms with Gasteiger partial charge in [0, 0.05) is 36.2 Å². The second-order valence-corrected chi connectivity index (χ2v) is 13.2. The van der Waals surface area contributed by atoms with E-state index in [0.717, 1.165) is 18.6 Å². The van der Waals surface area contributed by atoms with Gasteiger partial charge in [0.25, 0.3) is 0 Å². The molecule has 0 fully saturated rings. The summed E-state index contributed by atoms with van der Waals surface area (Å²) in [5, 5.41) is 0. The van der Waals surface area contributed by atoms with Crippen molar-refractivity contribution in [2.24, 2.45) is 4.40 Å². The van der Waals surface area contributed by atoms with E-state index in [1.54, 1.807) is 0 Å². The first-order chi connectivity index (χ1) is 18.5. The standard InChI is InChI=1S/C33H32N2S3/c1-5-23-19-26(21-13-9-7-10-14-21)31(36-23)24-17-18-25(30-29(24)34-38-35-30)32-27(22-15-11-8-12-16-22)20-28(37-32)33(3,4)6-2/h7-20,30,35H,5-6H2,1-4H3. The van der Waals surface area contributed by atoms with Crippen LogP contribution in [0.2, 0.25) is 0 Å². The van der Waals surface area contributed by atoms with Crippen LogP contribution in [0.1, 0.15) is 53.6 Å². The Bertz CT molecular complexity index is 1550. The van der Waals surface area contributed by atoms with Crippen molar-refractivity contribution in [2.75, 3.05) is 0 Å². The highest BCUT2D eigenvalue weighted by Crippen LogP contribution is 2.47. The summed E-state index contributed by atoms with van der Waals surface area (Å²) in [4.78, 5) is 5.50. The molecule has 1 aliphatic heterocycles. The highest BCUT2D eigenvalue weighted by Gasteiger charge is 2.36. The highest BCUT2D eigenvalue weighted by molar-refractivity contribution is 7.96. The van der Waals surface area contributed by atoms with Gasteiger partial charge in [0.05, 0.1) is 23.9 Å². The smallest absolute Gasteiger partial charge is 0.0887 e. The molecule has 0 radical (unpaired) electrons. The van der Waals surface area contributed by atoms with Crippen molar-refractivity contribution in [3.63, 3.8) is 0 Å². The topological polar surface area (TPSA) is 24.4 Å². The summed E-state index contributed by atoms with van der Waals surface area (Å²) in [6.45, 7) is 9.23. The lowest BCUT2D eigenvalue weighted by atomic mass is 9.85. The second-order valence-electron chi connectivity index (χ2n) is 10.5. The van der Waals surface area contributed by atoms with Gasteiger partial charge in [-0.3, -0.25) is 0 Å². The minimum atomic E-state index is 0.0644. The number of benzene rings is 2. The molecule has 3 heterocycles. The number of allylic oxidation sites excluding steroid dienone is 2. The molecule has 1 N–H and O–H groups in total. The van der Waals surface area contributed by atoms with Gasteiger partial charge in [0.1, 0.15) is 0 Å². The van der Waals surface area contributed by atoms with Gasteiger partial charge in [-0.15, -0.1) is 22.7 Å². The predicted octanol–water partition coefficient (Wildman–Crippen LogP) is 9.85. The number of aryl methyl sites for hydroxylation is 1. The fraction of sp³-hybridized carbons (Fsp3) is 0.242. The maximum atomic E-state index is 4.96. The molecule has 2 aromatic carbocycles. The highest BCUT2D eigenvalue weighted by atomic mass is 32.2. The zero-order valence-corrected chi connectivity index (χ0v) is 24.7. The van der Waals surface area contributed by atoms with Crippen molar-refractivity contribution in [1.29, 1.82) is 0 Å². The zero-order chi connectivity index (χ0) is 26.3. The minimum Gasteiger partial charge on any atom is -0.231 e. The van der Waals surface area contributed by atoms with Gasteiger partial charge in [0.15, 0.2) is 0 Å². The number of nitrogens with one attached hydrogen (secondary N) is 1. The molecule has 2 aromatic heterocycles. The summed E-state index contributed by atoms with van der Waals surface area (Å²) in [7, 11) is 0. The summed E-state index contributed by atoms with van der Waals surface area (Å²) in [5.74, 6) is 0. The van der Waals surface area contributed by atoms with Crippen LogP contribution in [0.25, 0.3) is 33.4 Å². The number of rotatable bonds is 7. The van der Waals surface area contributed by atoms with E-state index in [0.29, 0.717) is 0 Å². The fourth-order valence-corrected chi connectivity index (χ4v) is 8.26. The monoisotopic (exact) mass is 552 g/mol. The Kier molecular flexibility index (Phi) is 7.04. The number of hydrogen-bond donors (Lipinski definition) is 1. The second kappa shape index (κ2) is 10.5. The minimum absolute atomic E-state index is 0.0644. The molecule has 5 heteroatoms. The van der Waals surface area contributed by atoms with Gasteiger partial charge in [-0.05, 0) is 47.1 Å². The number of hydrogen-bond acceptors (Lipinski definition) is 5. The van der Waals surface area contributed by atoms with Crippen LogP contribution in [0.5, 0.6) is 0 Å². The summed E-state index contributed by atoms with van der Waals surface area (Å²) >= 11 is 5.33. The average molecular weight is 553 g/mol. The van der Waals surface area contributed by atoms with Gasteiger partial charge >= 0.3 is 0 Å². The molecule has 0 saturated carbocycles. The summed E-state index contributed by atoms with van der Waals surface area (Å²) in [5.41, 5.74) is 8.99. The Morgan fingerprint density at radius 2 is 1.47 bits per heavy atom. The predicted molar refractivity (Wildman–Crippen MR) is 170 cm³/mol. The Hall–Kier alpha value is -2.70. The zero-order valence-electron chi connectivity index (χ0n) is 22.2. The molecule has 4 aromatic rings. The molecule has 38 heavy (non-hydrogen) atoms. The maximum Gasteiger partial charge on any atom is 0.0887 e. The first-order valence-electron chi connectivity index (χ1n) is 13.3. The number of thiophene rings is 2. The Morgan fingerprint density at radius 3 is 2.11 bits per heavy atom. The van der Waals surface area contributed by atoms with Crippen LogP contribution < -0.4 is 4.72 Å². The molecule has 6 rings (SSSR count). The van der Waals surface area contributed by atoms with Crippen molar-refractivity contribution in [1.82, 2.24) is 4.72 Å². The molecule has 0 saturated heterocycles. The molecule has 0 amide bonds. The Labute approximate surface area is 238 Å². The quantitative estimate of drug-likeness (QED) is 0.231. The Morgan fingerprint density at radius 1 is 0.816 bits per heavy atom. The lowest BCUT2D eigenvalue weighted by Crippen LogP contribution is -2.31. The molecule has 192 valence electrons. The number of fused-ring (bicyclic) bond motifs is 1. The van der Waals surface area contributed by atoms with E-state index >= 15 is 0 Å². The summed E-state index contributed by atoms with van der Waals surface area (Å²) in [6.07, 6.45) is 6.80. The lowest BCUT2D eigenvalue weighted by molar-refractivity contribution is 0.517. The van der Waals surface area contributed by atoms with E-state index in [2.05, 4.69) is 117 Å². The van der Waals surface area contributed by atoms with E-state index in [4.69, 9.17) is 4.40 Å². The molecule has 0 bridgehead atoms. The third-order valence-electron chi connectivity index (χ3n) is 7.70. The molecule has 1 atom stereocenters. The van der Waals surface area contributed by atoms with E-state index in [-0.39, 0.29) is 11.5 Å². The SMILES string of the molecule is CCc1cc(-c2ccccc2)c(C2=CC=C(c3sc(C(C)(C)CC)cc3-c3ccccc3)C3NSN=C23)s1. The average Bonchev–Trinajstić information content (AvgIpc) is 3.72. The van der Waals surface area contributed by atoms with E-state index < -0.39 is 0 Å². The van der Waals surface area contributed by atoms with Gasteiger partial charge in [-0.2, -0.15) is 0 Å². The van der Waals surface area contributed by atoms with Gasteiger partial charge < -0.3 is 0 Å². The lowest BCUT2D eigenvalue weighted by Gasteiger charge is -2.23. The van der Waals surface area contributed by atoms with Crippen molar-refractivity contribution in [3.05, 3.63) is 104 Å². The van der Waals surface area contributed by atoms with Crippen molar-refractivity contribution in [3.8, 4) is 22.3 Å². The normalized spacial score (nSPS) is 17.2. The van der Waals surface area contributed by atoms with Crippen molar-refractivity contribution in [2.45, 2.75) is 52.0 Å². The van der Waals surface area contributed by atoms with E-state index in [1.807, 2.05) is 22.7 Å². The third kappa shape index (κ3) is 4.56. The summed E-state index contributed by atoms with van der Waals surface area (Å²) < 4.78 is 8.60. The van der Waals surface area contributed by atoms with Crippen molar-refractivity contribution >= 4 is 51.7 Å². The van der Waals surface area contributed by atoms with Crippen molar-refractivity contribution < 1.29 is 0 Å². The molecular weight excluding hydrogens is 521 g/mol. The molecule has 1 unspecified atom stereocenters. The molecule has 2 aliphatic rings. The fourth-order valence-electron chi connectivity index (χ4n) is 5.00. The van der Waals surface area contributed by atoms with Gasteiger partial charge in [0.2, 0.25) is 0 Å². The van der Waals surface area contributed by atoms with E-state index in [1.165, 1.54) is 65.0 Å². The van der Waals surface area contributed by atoms with Crippen LogP contribution in [-0.2, 0) is 11.8 Å². The van der Waals surface area contributed by atoms with Gasteiger partial charge in [-0.1, -0.05) is 101 Å². The molecular formula is C33H32N2S3. The first-order valence-corrected chi connectivity index (χ1v) is 15.7. The van der Waals surface area contributed by atoms with Crippen LogP contribution in [0.15, 0.2) is 89.3 Å². The van der Waals surface area contributed by atoms with E-state index in [9.17, 15) is 0 Å². The Balaban J connectivity index is 1.51.